The largest absolute Gasteiger partial charge is 0.368 e. The van der Waals surface area contributed by atoms with Crippen molar-refractivity contribution in [3.8, 4) is 0 Å². The van der Waals surface area contributed by atoms with Crippen molar-refractivity contribution in [1.29, 1.82) is 0 Å². The van der Waals surface area contributed by atoms with E-state index < -0.39 is 0 Å². The van der Waals surface area contributed by atoms with Crippen LogP contribution in [0.2, 0.25) is 0 Å². The molecule has 0 saturated carbocycles. The number of rotatable bonds is 3. The monoisotopic (exact) mass is 184 g/mol. The van der Waals surface area contributed by atoms with E-state index in [1.807, 2.05) is 6.92 Å². The molecule has 1 aliphatic heterocycles. The Balaban J connectivity index is 2.64. The van der Waals surface area contributed by atoms with E-state index in [0.717, 1.165) is 13.0 Å². The molecule has 0 aliphatic carbocycles. The van der Waals surface area contributed by atoms with Crippen molar-refractivity contribution >= 4 is 5.91 Å². The Morgan fingerprint density at radius 3 is 2.54 bits per heavy atom. The lowest BCUT2D eigenvalue weighted by Crippen LogP contribution is -2.46. The molecule has 3 unspecified atom stereocenters. The van der Waals surface area contributed by atoms with Gasteiger partial charge in [-0.15, -0.1) is 0 Å². The summed E-state index contributed by atoms with van der Waals surface area (Å²) in [7, 11) is 0. The lowest BCUT2D eigenvalue weighted by Gasteiger charge is -2.28. The Morgan fingerprint density at radius 1 is 1.62 bits per heavy atom. The SMILES string of the molecule is CCC(C(N)=O)N1CC(C)CC1C. The minimum atomic E-state index is -0.177. The molecule has 3 atom stereocenters. The molecule has 0 spiro atoms. The van der Waals surface area contributed by atoms with E-state index in [1.54, 1.807) is 0 Å². The molecule has 1 heterocycles. The summed E-state index contributed by atoms with van der Waals surface area (Å²) in [6, 6.07) is 0.451. The van der Waals surface area contributed by atoms with Gasteiger partial charge in [-0.25, -0.2) is 0 Å². The molecule has 1 aliphatic rings. The lowest BCUT2D eigenvalue weighted by atomic mass is 10.1. The molecular formula is C10H20N2O. The Bertz CT molecular complexity index is 193. The predicted octanol–water partition coefficient (Wildman–Crippen LogP) is 0.981. The van der Waals surface area contributed by atoms with Gasteiger partial charge >= 0.3 is 0 Å². The maximum atomic E-state index is 11.2. The first kappa shape index (κ1) is 10.5. The summed E-state index contributed by atoms with van der Waals surface area (Å²) in [5, 5.41) is 0. The molecule has 76 valence electrons. The predicted molar refractivity (Wildman–Crippen MR) is 53.2 cm³/mol. The molecule has 2 N–H and O–H groups in total. The van der Waals surface area contributed by atoms with E-state index in [1.165, 1.54) is 6.42 Å². The van der Waals surface area contributed by atoms with Gasteiger partial charge in [-0.2, -0.15) is 0 Å². The minimum absolute atomic E-state index is 0.0556. The summed E-state index contributed by atoms with van der Waals surface area (Å²) < 4.78 is 0. The first-order valence-corrected chi connectivity index (χ1v) is 5.11. The van der Waals surface area contributed by atoms with Crippen LogP contribution in [0.3, 0.4) is 0 Å². The number of amides is 1. The number of primary amides is 1. The molecule has 1 saturated heterocycles. The second-order valence-electron chi connectivity index (χ2n) is 4.21. The molecule has 0 aromatic carbocycles. The van der Waals surface area contributed by atoms with Crippen LogP contribution in [0.1, 0.15) is 33.6 Å². The number of nitrogens with zero attached hydrogens (tertiary/aromatic N) is 1. The quantitative estimate of drug-likeness (QED) is 0.710. The zero-order valence-electron chi connectivity index (χ0n) is 8.79. The van der Waals surface area contributed by atoms with Crippen LogP contribution in [0, 0.1) is 5.92 Å². The number of carbonyl (C=O) groups excluding carboxylic acids is 1. The second-order valence-corrected chi connectivity index (χ2v) is 4.21. The molecule has 1 fully saturated rings. The van der Waals surface area contributed by atoms with Crippen LogP contribution in [0.5, 0.6) is 0 Å². The molecule has 0 radical (unpaired) electrons. The molecule has 1 rings (SSSR count). The van der Waals surface area contributed by atoms with E-state index >= 15 is 0 Å². The van der Waals surface area contributed by atoms with Gasteiger partial charge in [0.15, 0.2) is 0 Å². The smallest absolute Gasteiger partial charge is 0.234 e. The molecular weight excluding hydrogens is 164 g/mol. The van der Waals surface area contributed by atoms with Crippen LogP contribution in [0.15, 0.2) is 0 Å². The average Bonchev–Trinajstić information content (AvgIpc) is 2.31. The fraction of sp³-hybridized carbons (Fsp3) is 0.900. The zero-order chi connectivity index (χ0) is 10.0. The van der Waals surface area contributed by atoms with E-state index in [-0.39, 0.29) is 11.9 Å². The molecule has 0 aromatic rings. The zero-order valence-corrected chi connectivity index (χ0v) is 8.79. The number of likely N-dealkylation sites (tertiary alicyclic amines) is 1. The van der Waals surface area contributed by atoms with E-state index in [4.69, 9.17) is 5.73 Å². The van der Waals surface area contributed by atoms with Crippen molar-refractivity contribution in [1.82, 2.24) is 4.90 Å². The lowest BCUT2D eigenvalue weighted by molar-refractivity contribution is -0.123. The Kier molecular flexibility index (Phi) is 3.31. The maximum absolute atomic E-state index is 11.2. The van der Waals surface area contributed by atoms with Gasteiger partial charge in [-0.05, 0) is 25.7 Å². The molecule has 1 amide bonds. The van der Waals surface area contributed by atoms with Crippen LogP contribution in [0.25, 0.3) is 0 Å². The standard InChI is InChI=1S/C10H20N2O/c1-4-9(10(11)13)12-6-7(2)5-8(12)3/h7-9H,4-6H2,1-3H3,(H2,11,13). The molecule has 13 heavy (non-hydrogen) atoms. The van der Waals surface area contributed by atoms with Gasteiger partial charge in [-0.1, -0.05) is 13.8 Å². The summed E-state index contributed by atoms with van der Waals surface area (Å²) in [5.74, 6) is 0.520. The van der Waals surface area contributed by atoms with Crippen molar-refractivity contribution in [3.63, 3.8) is 0 Å². The highest BCUT2D eigenvalue weighted by molar-refractivity contribution is 5.79. The van der Waals surface area contributed by atoms with Gasteiger partial charge in [-0.3, -0.25) is 9.69 Å². The highest BCUT2D eigenvalue weighted by Gasteiger charge is 2.33. The Hall–Kier alpha value is -0.570. The maximum Gasteiger partial charge on any atom is 0.234 e. The Morgan fingerprint density at radius 2 is 2.23 bits per heavy atom. The van der Waals surface area contributed by atoms with Gasteiger partial charge < -0.3 is 5.73 Å². The van der Waals surface area contributed by atoms with E-state index in [9.17, 15) is 4.79 Å². The molecule has 3 nitrogen and oxygen atoms in total. The van der Waals surface area contributed by atoms with Crippen LogP contribution in [-0.4, -0.2) is 29.4 Å². The molecule has 0 aromatic heterocycles. The van der Waals surface area contributed by atoms with Gasteiger partial charge in [0.25, 0.3) is 0 Å². The summed E-state index contributed by atoms with van der Waals surface area (Å²) in [6.45, 7) is 7.44. The van der Waals surface area contributed by atoms with E-state index in [0.29, 0.717) is 12.0 Å². The van der Waals surface area contributed by atoms with Crippen molar-refractivity contribution in [2.45, 2.75) is 45.7 Å². The van der Waals surface area contributed by atoms with Gasteiger partial charge in [0.2, 0.25) is 5.91 Å². The third-order valence-corrected chi connectivity index (χ3v) is 2.95. The fourth-order valence-electron chi connectivity index (χ4n) is 2.37. The minimum Gasteiger partial charge on any atom is -0.368 e. The fourth-order valence-corrected chi connectivity index (χ4v) is 2.37. The number of hydrogen-bond acceptors (Lipinski definition) is 2. The van der Waals surface area contributed by atoms with Crippen molar-refractivity contribution in [2.75, 3.05) is 6.54 Å². The van der Waals surface area contributed by atoms with Gasteiger partial charge in [0.1, 0.15) is 0 Å². The van der Waals surface area contributed by atoms with Crippen molar-refractivity contribution in [3.05, 3.63) is 0 Å². The summed E-state index contributed by atoms with van der Waals surface area (Å²) in [5.41, 5.74) is 5.35. The normalized spacial score (nSPS) is 31.9. The van der Waals surface area contributed by atoms with Crippen LogP contribution < -0.4 is 5.73 Å². The van der Waals surface area contributed by atoms with Crippen LogP contribution in [-0.2, 0) is 4.79 Å². The highest BCUT2D eigenvalue weighted by Crippen LogP contribution is 2.25. The molecule has 0 bridgehead atoms. The first-order chi connectivity index (χ1) is 6.06. The summed E-state index contributed by atoms with van der Waals surface area (Å²) in [6.07, 6.45) is 2.01. The van der Waals surface area contributed by atoms with Crippen LogP contribution in [0.4, 0.5) is 0 Å². The summed E-state index contributed by atoms with van der Waals surface area (Å²) in [4.78, 5) is 13.4. The van der Waals surface area contributed by atoms with Crippen LogP contribution >= 0.6 is 0 Å². The Labute approximate surface area is 80.3 Å². The van der Waals surface area contributed by atoms with Crippen molar-refractivity contribution in [2.24, 2.45) is 11.7 Å². The number of nitrogens with two attached hydrogens (primary N) is 1. The molecule has 3 heteroatoms. The second kappa shape index (κ2) is 4.09. The van der Waals surface area contributed by atoms with Crippen molar-refractivity contribution < 1.29 is 4.79 Å². The summed E-state index contributed by atoms with van der Waals surface area (Å²) >= 11 is 0. The first-order valence-electron chi connectivity index (χ1n) is 5.11. The number of carbonyl (C=O) groups is 1. The highest BCUT2D eigenvalue weighted by atomic mass is 16.1. The van der Waals surface area contributed by atoms with Gasteiger partial charge in [0, 0.05) is 12.6 Å². The topological polar surface area (TPSA) is 46.3 Å². The third-order valence-electron chi connectivity index (χ3n) is 2.95. The third kappa shape index (κ3) is 2.21. The van der Waals surface area contributed by atoms with E-state index in [2.05, 4.69) is 18.7 Å². The number of hydrogen-bond donors (Lipinski definition) is 1. The average molecular weight is 184 g/mol. The van der Waals surface area contributed by atoms with Gasteiger partial charge in [0.05, 0.1) is 6.04 Å².